The molecule has 4 aromatic rings. The lowest BCUT2D eigenvalue weighted by Gasteiger charge is -2.31. The largest absolute Gasteiger partial charge is 0.465 e. The van der Waals surface area contributed by atoms with E-state index in [1.165, 1.54) is 7.11 Å². The molecule has 6 rings (SSSR count). The SMILES string of the molecule is COC(=O)c1ccccc1-n1cccc1[C@H]1[C@H](c2ccccn2)NC(=S)N1c1ccc(N2CCOCC2)cc1. The van der Waals surface area contributed by atoms with E-state index in [9.17, 15) is 4.79 Å². The van der Waals surface area contributed by atoms with Crippen LogP contribution >= 0.6 is 12.2 Å². The first-order chi connectivity index (χ1) is 19.2. The Morgan fingerprint density at radius 1 is 0.974 bits per heavy atom. The minimum absolute atomic E-state index is 0.212. The van der Waals surface area contributed by atoms with Crippen molar-refractivity contribution in [1.82, 2.24) is 14.9 Å². The van der Waals surface area contributed by atoms with Gasteiger partial charge in [0.2, 0.25) is 0 Å². The number of anilines is 2. The van der Waals surface area contributed by atoms with Gasteiger partial charge in [0.25, 0.3) is 0 Å². The maximum absolute atomic E-state index is 12.6. The molecule has 2 fully saturated rings. The Morgan fingerprint density at radius 2 is 1.72 bits per heavy atom. The second kappa shape index (κ2) is 10.9. The summed E-state index contributed by atoms with van der Waals surface area (Å²) in [6.45, 7) is 3.22. The Balaban J connectivity index is 1.44. The predicted octanol–water partition coefficient (Wildman–Crippen LogP) is 4.67. The van der Waals surface area contributed by atoms with E-state index >= 15 is 0 Å². The lowest BCUT2D eigenvalue weighted by molar-refractivity contribution is 0.0600. The van der Waals surface area contributed by atoms with Crippen LogP contribution in [0.15, 0.2) is 91.3 Å². The fourth-order valence-electron chi connectivity index (χ4n) is 5.40. The first-order valence-corrected chi connectivity index (χ1v) is 13.3. The molecule has 198 valence electrons. The zero-order valence-corrected chi connectivity index (χ0v) is 22.4. The summed E-state index contributed by atoms with van der Waals surface area (Å²) < 4.78 is 12.6. The summed E-state index contributed by atoms with van der Waals surface area (Å²) >= 11 is 5.93. The van der Waals surface area contributed by atoms with E-state index in [1.54, 1.807) is 12.3 Å². The number of carbonyl (C=O) groups excluding carboxylic acids is 1. The zero-order valence-electron chi connectivity index (χ0n) is 21.6. The van der Waals surface area contributed by atoms with E-state index in [4.69, 9.17) is 21.7 Å². The van der Waals surface area contributed by atoms with Crippen molar-refractivity contribution in [1.29, 1.82) is 0 Å². The fraction of sp³-hybridized carbons (Fsp3) is 0.233. The average molecular weight is 540 g/mol. The van der Waals surface area contributed by atoms with E-state index in [-0.39, 0.29) is 18.1 Å². The minimum atomic E-state index is -0.387. The summed E-state index contributed by atoms with van der Waals surface area (Å²) in [4.78, 5) is 21.8. The first kappa shape index (κ1) is 25.1. The van der Waals surface area contributed by atoms with Gasteiger partial charge in [0.05, 0.1) is 43.3 Å². The molecule has 0 aliphatic carbocycles. The number of para-hydroxylation sites is 1. The molecule has 0 bridgehead atoms. The summed E-state index contributed by atoms with van der Waals surface area (Å²) in [7, 11) is 1.40. The van der Waals surface area contributed by atoms with E-state index in [0.29, 0.717) is 10.7 Å². The fourth-order valence-corrected chi connectivity index (χ4v) is 5.75. The number of nitrogens with one attached hydrogen (secondary N) is 1. The molecule has 2 aromatic carbocycles. The number of pyridine rings is 1. The van der Waals surface area contributed by atoms with Gasteiger partial charge in [-0.15, -0.1) is 0 Å². The van der Waals surface area contributed by atoms with Crippen LogP contribution in [0.3, 0.4) is 0 Å². The van der Waals surface area contributed by atoms with Gasteiger partial charge in [0.1, 0.15) is 6.04 Å². The highest BCUT2D eigenvalue weighted by Crippen LogP contribution is 2.42. The summed E-state index contributed by atoms with van der Waals surface area (Å²) in [6.07, 6.45) is 3.76. The number of nitrogens with zero attached hydrogens (tertiary/aromatic N) is 4. The van der Waals surface area contributed by atoms with Crippen molar-refractivity contribution in [2.75, 3.05) is 43.2 Å². The maximum Gasteiger partial charge on any atom is 0.339 e. The topological polar surface area (TPSA) is 71.9 Å². The van der Waals surface area contributed by atoms with E-state index in [2.05, 4.69) is 50.4 Å². The minimum Gasteiger partial charge on any atom is -0.465 e. The van der Waals surface area contributed by atoms with Crippen LogP contribution in [0.5, 0.6) is 0 Å². The normalized spacial score (nSPS) is 19.2. The molecule has 1 N–H and O–H groups in total. The van der Waals surface area contributed by atoms with Crippen LogP contribution in [0.4, 0.5) is 11.4 Å². The lowest BCUT2D eigenvalue weighted by atomic mass is 10.0. The molecular formula is C30H29N5O3S. The predicted molar refractivity (Wildman–Crippen MR) is 155 cm³/mol. The van der Waals surface area contributed by atoms with Gasteiger partial charge in [-0.3, -0.25) is 4.98 Å². The number of thiocarbonyl (C=S) groups is 1. The van der Waals surface area contributed by atoms with Crippen molar-refractivity contribution in [3.8, 4) is 5.69 Å². The van der Waals surface area contributed by atoms with Crippen molar-refractivity contribution in [2.24, 2.45) is 0 Å². The number of carbonyl (C=O) groups is 1. The molecule has 0 unspecified atom stereocenters. The van der Waals surface area contributed by atoms with E-state index in [1.807, 2.05) is 53.2 Å². The Kier molecular flexibility index (Phi) is 7.00. The Bertz CT molecular complexity index is 1470. The monoisotopic (exact) mass is 539 g/mol. The summed E-state index contributed by atoms with van der Waals surface area (Å²) in [6, 6.07) is 25.5. The number of aromatic nitrogens is 2. The number of ether oxygens (including phenoxy) is 2. The standard InChI is InChI=1S/C30H29N5O3S/c1-37-29(36)23-7-2-3-9-25(23)34-16-6-10-26(34)28-27(24-8-4-5-15-31-24)32-30(39)35(28)22-13-11-21(12-14-22)33-17-19-38-20-18-33/h2-16,27-28H,17-20H2,1H3,(H,32,39)/t27-,28-/m0/s1. The Hall–Kier alpha value is -4.21. The lowest BCUT2D eigenvalue weighted by Crippen LogP contribution is -2.36. The van der Waals surface area contributed by atoms with Gasteiger partial charge in [-0.2, -0.15) is 0 Å². The number of esters is 1. The average Bonchev–Trinajstić information content (AvgIpc) is 3.62. The van der Waals surface area contributed by atoms with Crippen molar-refractivity contribution in [3.63, 3.8) is 0 Å². The van der Waals surface area contributed by atoms with Crippen LogP contribution in [0.25, 0.3) is 5.69 Å². The van der Waals surface area contributed by atoms with Crippen LogP contribution < -0.4 is 15.1 Å². The quantitative estimate of drug-likeness (QED) is 0.280. The first-order valence-electron chi connectivity index (χ1n) is 12.9. The third kappa shape index (κ3) is 4.75. The van der Waals surface area contributed by atoms with Crippen LogP contribution in [0.2, 0.25) is 0 Å². The van der Waals surface area contributed by atoms with Crippen LogP contribution in [0.1, 0.15) is 33.8 Å². The maximum atomic E-state index is 12.6. The molecule has 0 amide bonds. The molecule has 0 radical (unpaired) electrons. The summed E-state index contributed by atoms with van der Waals surface area (Å²) in [5.74, 6) is -0.387. The number of morpholine rings is 1. The van der Waals surface area contributed by atoms with Crippen LogP contribution in [-0.4, -0.2) is 54.0 Å². The molecule has 0 spiro atoms. The van der Waals surface area contributed by atoms with E-state index in [0.717, 1.165) is 54.8 Å². The second-order valence-electron chi connectivity index (χ2n) is 9.42. The highest BCUT2D eigenvalue weighted by atomic mass is 32.1. The van der Waals surface area contributed by atoms with Gasteiger partial charge >= 0.3 is 5.97 Å². The van der Waals surface area contributed by atoms with Gasteiger partial charge in [-0.05, 0) is 72.9 Å². The van der Waals surface area contributed by atoms with Gasteiger partial charge < -0.3 is 29.2 Å². The van der Waals surface area contributed by atoms with Crippen LogP contribution in [-0.2, 0) is 9.47 Å². The highest BCUT2D eigenvalue weighted by molar-refractivity contribution is 7.80. The highest BCUT2D eigenvalue weighted by Gasteiger charge is 2.42. The molecule has 39 heavy (non-hydrogen) atoms. The van der Waals surface area contributed by atoms with Gasteiger partial charge in [-0.1, -0.05) is 18.2 Å². The molecule has 2 atom stereocenters. The molecule has 9 heteroatoms. The van der Waals surface area contributed by atoms with Gasteiger partial charge in [-0.25, -0.2) is 4.79 Å². The molecule has 2 aromatic heterocycles. The Morgan fingerprint density at radius 3 is 2.46 bits per heavy atom. The number of hydrogen-bond acceptors (Lipinski definition) is 6. The zero-order chi connectivity index (χ0) is 26.8. The number of benzene rings is 2. The smallest absolute Gasteiger partial charge is 0.339 e. The molecule has 8 nitrogen and oxygen atoms in total. The van der Waals surface area contributed by atoms with Gasteiger partial charge in [0.15, 0.2) is 5.11 Å². The van der Waals surface area contributed by atoms with Crippen molar-refractivity contribution < 1.29 is 14.3 Å². The molecule has 0 saturated carbocycles. The number of methoxy groups -OCH3 is 1. The summed E-state index contributed by atoms with van der Waals surface area (Å²) in [5.41, 5.74) is 5.21. The summed E-state index contributed by atoms with van der Waals surface area (Å²) in [5, 5.41) is 4.14. The molecule has 4 heterocycles. The molecule has 2 aliphatic heterocycles. The molecular weight excluding hydrogens is 510 g/mol. The van der Waals surface area contributed by atoms with Crippen molar-refractivity contribution >= 4 is 34.7 Å². The van der Waals surface area contributed by atoms with Gasteiger partial charge in [0, 0.05) is 42.6 Å². The third-order valence-electron chi connectivity index (χ3n) is 7.25. The van der Waals surface area contributed by atoms with Crippen LogP contribution in [0, 0.1) is 0 Å². The second-order valence-corrected chi connectivity index (χ2v) is 9.81. The Labute approximate surface area is 232 Å². The van der Waals surface area contributed by atoms with E-state index < -0.39 is 0 Å². The van der Waals surface area contributed by atoms with Crippen molar-refractivity contribution in [3.05, 3.63) is 108 Å². The third-order valence-corrected chi connectivity index (χ3v) is 7.57. The molecule has 2 saturated heterocycles. The number of hydrogen-bond donors (Lipinski definition) is 1. The number of rotatable bonds is 6. The van der Waals surface area contributed by atoms with Crippen molar-refractivity contribution in [2.45, 2.75) is 12.1 Å². The molecule has 2 aliphatic rings.